The van der Waals surface area contributed by atoms with Gasteiger partial charge < -0.3 is 4.74 Å². The molecule has 0 heterocycles. The predicted octanol–water partition coefficient (Wildman–Crippen LogP) is 4.14. The van der Waals surface area contributed by atoms with E-state index in [9.17, 15) is 9.18 Å². The highest BCUT2D eigenvalue weighted by atomic mass is 19.1. The van der Waals surface area contributed by atoms with Crippen LogP contribution < -0.4 is 4.74 Å². The Hall–Kier alpha value is -2.42. The normalized spacial score (nSPS) is 10.8. The molecule has 2 nitrogen and oxygen atoms in total. The fourth-order valence-electron chi connectivity index (χ4n) is 2.05. The van der Waals surface area contributed by atoms with Crippen LogP contribution in [0.25, 0.3) is 12.2 Å². The number of carbonyl (C=O) groups excluding carboxylic acids is 1. The molecule has 2 rings (SSSR count). The molecule has 0 aliphatic carbocycles. The van der Waals surface area contributed by atoms with Crippen LogP contribution in [0.15, 0.2) is 42.5 Å². The number of methoxy groups -OCH3 is 1. The van der Waals surface area contributed by atoms with Crippen molar-refractivity contribution in [3.63, 3.8) is 0 Å². The first kappa shape index (κ1) is 15.0. The maximum absolute atomic E-state index is 12.9. The van der Waals surface area contributed by atoms with E-state index < -0.39 is 0 Å². The number of hydrogen-bond donors (Lipinski definition) is 0. The zero-order valence-corrected chi connectivity index (χ0v) is 12.1. The van der Waals surface area contributed by atoms with Gasteiger partial charge in [-0.15, -0.1) is 0 Å². The van der Waals surface area contributed by atoms with Crippen LogP contribution in [0.4, 0.5) is 4.39 Å². The maximum atomic E-state index is 12.9. The average molecular weight is 284 g/mol. The molecule has 0 radical (unpaired) electrons. The summed E-state index contributed by atoms with van der Waals surface area (Å²) in [5.74, 6) is 0.568. The first-order valence-electron chi connectivity index (χ1n) is 6.68. The van der Waals surface area contributed by atoms with Crippen molar-refractivity contribution in [1.29, 1.82) is 0 Å². The van der Waals surface area contributed by atoms with Crippen LogP contribution in [0.3, 0.4) is 0 Å². The third kappa shape index (κ3) is 4.28. The number of rotatable bonds is 5. The number of benzene rings is 2. The predicted molar refractivity (Wildman–Crippen MR) is 82.7 cm³/mol. The maximum Gasteiger partial charge on any atom is 0.134 e. The lowest BCUT2D eigenvalue weighted by Crippen LogP contribution is -1.99. The van der Waals surface area contributed by atoms with Crippen molar-refractivity contribution in [2.75, 3.05) is 7.11 Å². The molecular weight excluding hydrogens is 267 g/mol. The zero-order valence-electron chi connectivity index (χ0n) is 12.1. The molecule has 0 aromatic heterocycles. The largest absolute Gasteiger partial charge is 0.497 e. The molecule has 3 heteroatoms. The summed E-state index contributed by atoms with van der Waals surface area (Å²) in [5, 5.41) is 0. The molecule has 21 heavy (non-hydrogen) atoms. The SMILES string of the molecule is COc1ccc(C=Cc2ccc(F)cc2)c(CC(C)=O)c1. The Morgan fingerprint density at radius 3 is 2.48 bits per heavy atom. The topological polar surface area (TPSA) is 26.3 Å². The van der Waals surface area contributed by atoms with Crippen molar-refractivity contribution in [1.82, 2.24) is 0 Å². The van der Waals surface area contributed by atoms with Gasteiger partial charge in [0.1, 0.15) is 17.3 Å². The highest BCUT2D eigenvalue weighted by Gasteiger charge is 2.05. The van der Waals surface area contributed by atoms with Gasteiger partial charge in [0.15, 0.2) is 0 Å². The number of hydrogen-bond acceptors (Lipinski definition) is 2. The molecule has 0 atom stereocenters. The van der Waals surface area contributed by atoms with Crippen LogP contribution in [-0.4, -0.2) is 12.9 Å². The fraction of sp³-hybridized carbons (Fsp3) is 0.167. The molecule has 0 aliphatic heterocycles. The van der Waals surface area contributed by atoms with Gasteiger partial charge in [-0.05, 0) is 47.9 Å². The lowest BCUT2D eigenvalue weighted by atomic mass is 10.0. The minimum Gasteiger partial charge on any atom is -0.497 e. The summed E-state index contributed by atoms with van der Waals surface area (Å²) in [5.41, 5.74) is 2.77. The van der Waals surface area contributed by atoms with E-state index >= 15 is 0 Å². The van der Waals surface area contributed by atoms with Crippen LogP contribution >= 0.6 is 0 Å². The van der Waals surface area contributed by atoms with E-state index in [-0.39, 0.29) is 11.6 Å². The second kappa shape index (κ2) is 6.84. The lowest BCUT2D eigenvalue weighted by molar-refractivity contribution is -0.116. The molecule has 0 saturated carbocycles. The molecule has 2 aromatic rings. The molecular formula is C18H17FO2. The summed E-state index contributed by atoms with van der Waals surface area (Å²) in [6.45, 7) is 1.56. The van der Waals surface area contributed by atoms with Gasteiger partial charge in [-0.2, -0.15) is 0 Å². The lowest BCUT2D eigenvalue weighted by Gasteiger charge is -2.07. The monoisotopic (exact) mass is 284 g/mol. The standard InChI is InChI=1S/C18H17FO2/c1-13(20)11-16-12-18(21-2)10-7-15(16)6-3-14-4-8-17(19)9-5-14/h3-10,12H,11H2,1-2H3. The highest BCUT2D eigenvalue weighted by molar-refractivity contribution is 5.81. The number of Topliss-reactive ketones (excluding diaryl/α,β-unsaturated/α-hetero) is 1. The average Bonchev–Trinajstić information content (AvgIpc) is 2.47. The van der Waals surface area contributed by atoms with Gasteiger partial charge >= 0.3 is 0 Å². The molecule has 0 unspecified atom stereocenters. The Kier molecular flexibility index (Phi) is 4.88. The van der Waals surface area contributed by atoms with E-state index in [1.54, 1.807) is 26.2 Å². The van der Waals surface area contributed by atoms with Gasteiger partial charge in [0.2, 0.25) is 0 Å². The van der Waals surface area contributed by atoms with Gasteiger partial charge in [0.05, 0.1) is 7.11 Å². The molecule has 0 N–H and O–H groups in total. The Morgan fingerprint density at radius 1 is 1.14 bits per heavy atom. The van der Waals surface area contributed by atoms with Gasteiger partial charge in [-0.1, -0.05) is 30.4 Å². The van der Waals surface area contributed by atoms with Crippen LogP contribution in [0, 0.1) is 5.82 Å². The molecule has 0 bridgehead atoms. The molecule has 0 aliphatic rings. The van der Waals surface area contributed by atoms with E-state index in [1.165, 1.54) is 12.1 Å². The Balaban J connectivity index is 2.29. The number of halogens is 1. The molecule has 0 saturated heterocycles. The molecule has 2 aromatic carbocycles. The van der Waals surface area contributed by atoms with Gasteiger partial charge in [0.25, 0.3) is 0 Å². The fourth-order valence-corrected chi connectivity index (χ4v) is 2.05. The van der Waals surface area contributed by atoms with Gasteiger partial charge in [0, 0.05) is 6.42 Å². The van der Waals surface area contributed by atoms with E-state index in [1.807, 2.05) is 30.4 Å². The summed E-state index contributed by atoms with van der Waals surface area (Å²) in [6.07, 6.45) is 4.18. The van der Waals surface area contributed by atoms with Crippen LogP contribution in [0.1, 0.15) is 23.6 Å². The smallest absolute Gasteiger partial charge is 0.134 e. The zero-order chi connectivity index (χ0) is 15.2. The van der Waals surface area contributed by atoms with E-state index in [0.29, 0.717) is 6.42 Å². The van der Waals surface area contributed by atoms with Gasteiger partial charge in [-0.3, -0.25) is 4.79 Å². The Bertz CT molecular complexity index is 657. The van der Waals surface area contributed by atoms with Crippen LogP contribution in [0.5, 0.6) is 5.75 Å². The molecule has 0 fully saturated rings. The van der Waals surface area contributed by atoms with Crippen molar-refractivity contribution < 1.29 is 13.9 Å². The van der Waals surface area contributed by atoms with E-state index in [0.717, 1.165) is 22.4 Å². The summed E-state index contributed by atoms with van der Waals surface area (Å²) in [7, 11) is 1.60. The third-order valence-corrected chi connectivity index (χ3v) is 3.11. The van der Waals surface area contributed by atoms with Crippen LogP contribution in [0.2, 0.25) is 0 Å². The first-order valence-corrected chi connectivity index (χ1v) is 6.68. The third-order valence-electron chi connectivity index (χ3n) is 3.11. The minimum atomic E-state index is -0.256. The van der Waals surface area contributed by atoms with Gasteiger partial charge in [-0.25, -0.2) is 4.39 Å². The second-order valence-electron chi connectivity index (χ2n) is 4.83. The highest BCUT2D eigenvalue weighted by Crippen LogP contribution is 2.21. The summed E-state index contributed by atoms with van der Waals surface area (Å²) in [6, 6.07) is 11.9. The number of carbonyl (C=O) groups is 1. The van der Waals surface area contributed by atoms with Crippen molar-refractivity contribution in [2.45, 2.75) is 13.3 Å². The van der Waals surface area contributed by atoms with Crippen molar-refractivity contribution >= 4 is 17.9 Å². The number of ketones is 1. The Morgan fingerprint density at radius 2 is 1.86 bits per heavy atom. The quantitative estimate of drug-likeness (QED) is 0.771. The molecule has 108 valence electrons. The summed E-state index contributed by atoms with van der Waals surface area (Å²) >= 11 is 0. The van der Waals surface area contributed by atoms with Crippen LogP contribution in [-0.2, 0) is 11.2 Å². The molecule has 0 amide bonds. The van der Waals surface area contributed by atoms with Crippen molar-refractivity contribution in [2.24, 2.45) is 0 Å². The summed E-state index contributed by atoms with van der Waals surface area (Å²) in [4.78, 5) is 11.4. The van der Waals surface area contributed by atoms with Crippen molar-refractivity contribution in [3.05, 3.63) is 65.0 Å². The van der Waals surface area contributed by atoms with E-state index in [2.05, 4.69) is 0 Å². The summed E-state index contributed by atoms with van der Waals surface area (Å²) < 4.78 is 18.1. The minimum absolute atomic E-state index is 0.0969. The molecule has 0 spiro atoms. The second-order valence-corrected chi connectivity index (χ2v) is 4.83. The number of ether oxygens (including phenoxy) is 1. The van der Waals surface area contributed by atoms with Crippen molar-refractivity contribution in [3.8, 4) is 5.75 Å². The first-order chi connectivity index (χ1) is 10.1. The Labute approximate surface area is 123 Å². The van der Waals surface area contributed by atoms with E-state index in [4.69, 9.17) is 4.74 Å².